The highest BCUT2D eigenvalue weighted by molar-refractivity contribution is 5.54. The highest BCUT2D eigenvalue weighted by Crippen LogP contribution is 2.27. The molecule has 16 heavy (non-hydrogen) atoms. The Morgan fingerprint density at radius 3 is 2.75 bits per heavy atom. The molecule has 2 atom stereocenters. The Balaban J connectivity index is 2.05. The molecule has 1 N–H and O–H groups in total. The summed E-state index contributed by atoms with van der Waals surface area (Å²) in [6.07, 6.45) is 5.44. The van der Waals surface area contributed by atoms with Gasteiger partial charge in [-0.2, -0.15) is 0 Å². The van der Waals surface area contributed by atoms with Crippen LogP contribution in [0, 0.1) is 19.8 Å². The van der Waals surface area contributed by atoms with Gasteiger partial charge in [0.1, 0.15) is 0 Å². The van der Waals surface area contributed by atoms with Crippen molar-refractivity contribution in [2.75, 3.05) is 5.32 Å². The third-order valence-electron chi connectivity index (χ3n) is 3.90. The predicted octanol–water partition coefficient (Wildman–Crippen LogP) is 4.29. The van der Waals surface area contributed by atoms with Crippen LogP contribution in [0.15, 0.2) is 18.2 Å². The maximum absolute atomic E-state index is 3.72. The Kier molecular flexibility index (Phi) is 3.52. The van der Waals surface area contributed by atoms with Crippen LogP contribution in [0.3, 0.4) is 0 Å². The third-order valence-corrected chi connectivity index (χ3v) is 3.90. The van der Waals surface area contributed by atoms with Gasteiger partial charge < -0.3 is 5.32 Å². The van der Waals surface area contributed by atoms with Crippen LogP contribution in [0.1, 0.15) is 43.7 Å². The summed E-state index contributed by atoms with van der Waals surface area (Å²) in [6, 6.07) is 7.23. The summed E-state index contributed by atoms with van der Waals surface area (Å²) >= 11 is 0. The molecule has 1 nitrogen and oxygen atoms in total. The van der Waals surface area contributed by atoms with E-state index in [1.807, 2.05) is 0 Å². The van der Waals surface area contributed by atoms with Crippen LogP contribution >= 0.6 is 0 Å². The van der Waals surface area contributed by atoms with Gasteiger partial charge in [0, 0.05) is 11.7 Å². The molecule has 0 spiro atoms. The number of hydrogen-bond acceptors (Lipinski definition) is 1. The zero-order chi connectivity index (χ0) is 11.5. The Hall–Kier alpha value is -0.980. The van der Waals surface area contributed by atoms with Gasteiger partial charge in [-0.25, -0.2) is 0 Å². The van der Waals surface area contributed by atoms with Crippen LogP contribution < -0.4 is 5.32 Å². The van der Waals surface area contributed by atoms with Crippen LogP contribution in [-0.2, 0) is 0 Å². The fourth-order valence-corrected chi connectivity index (χ4v) is 2.69. The van der Waals surface area contributed by atoms with Crippen molar-refractivity contribution in [2.45, 2.75) is 52.5 Å². The van der Waals surface area contributed by atoms with Crippen molar-refractivity contribution in [1.82, 2.24) is 0 Å². The maximum Gasteiger partial charge on any atom is 0.0374 e. The quantitative estimate of drug-likeness (QED) is 0.779. The van der Waals surface area contributed by atoms with E-state index < -0.39 is 0 Å². The molecule has 1 aromatic carbocycles. The van der Waals surface area contributed by atoms with Crippen molar-refractivity contribution < 1.29 is 0 Å². The van der Waals surface area contributed by atoms with Crippen molar-refractivity contribution in [3.8, 4) is 0 Å². The standard InChI is InChI=1S/C15H23N/c1-11-6-4-8-14(10-11)16-15-9-5-7-12(2)13(15)3/h5,7,9,11,14,16H,4,6,8,10H2,1-3H3. The van der Waals surface area contributed by atoms with E-state index in [0.717, 1.165) is 5.92 Å². The topological polar surface area (TPSA) is 12.0 Å². The Labute approximate surface area is 99.3 Å². The first-order valence-corrected chi connectivity index (χ1v) is 6.49. The van der Waals surface area contributed by atoms with E-state index in [2.05, 4.69) is 44.3 Å². The zero-order valence-electron chi connectivity index (χ0n) is 10.7. The number of anilines is 1. The minimum absolute atomic E-state index is 0.684. The van der Waals surface area contributed by atoms with Crippen LogP contribution in [0.25, 0.3) is 0 Å². The molecular weight excluding hydrogens is 194 g/mol. The highest BCUT2D eigenvalue weighted by atomic mass is 14.9. The molecule has 0 aromatic heterocycles. The molecule has 1 fully saturated rings. The van der Waals surface area contributed by atoms with E-state index in [1.165, 1.54) is 42.5 Å². The predicted molar refractivity (Wildman–Crippen MR) is 71.0 cm³/mol. The molecule has 1 aromatic rings. The zero-order valence-corrected chi connectivity index (χ0v) is 10.7. The van der Waals surface area contributed by atoms with Gasteiger partial charge in [0.15, 0.2) is 0 Å². The summed E-state index contributed by atoms with van der Waals surface area (Å²) in [5, 5.41) is 3.72. The molecule has 0 amide bonds. The molecule has 1 aliphatic carbocycles. The summed E-state index contributed by atoms with van der Waals surface area (Å²) < 4.78 is 0. The van der Waals surface area contributed by atoms with Crippen molar-refractivity contribution in [3.63, 3.8) is 0 Å². The van der Waals surface area contributed by atoms with E-state index in [0.29, 0.717) is 6.04 Å². The van der Waals surface area contributed by atoms with Crippen molar-refractivity contribution in [2.24, 2.45) is 5.92 Å². The SMILES string of the molecule is Cc1cccc(NC2CCCC(C)C2)c1C. The van der Waals surface area contributed by atoms with Crippen molar-refractivity contribution in [1.29, 1.82) is 0 Å². The van der Waals surface area contributed by atoms with Gasteiger partial charge in [-0.1, -0.05) is 31.9 Å². The molecule has 0 aliphatic heterocycles. The van der Waals surface area contributed by atoms with Gasteiger partial charge in [-0.15, -0.1) is 0 Å². The van der Waals surface area contributed by atoms with Crippen LogP contribution in [0.2, 0.25) is 0 Å². The third kappa shape index (κ3) is 2.58. The van der Waals surface area contributed by atoms with Gasteiger partial charge in [0.25, 0.3) is 0 Å². The molecule has 0 radical (unpaired) electrons. The Morgan fingerprint density at radius 2 is 2.00 bits per heavy atom. The van der Waals surface area contributed by atoms with Crippen LogP contribution in [-0.4, -0.2) is 6.04 Å². The van der Waals surface area contributed by atoms with Gasteiger partial charge in [0.2, 0.25) is 0 Å². The summed E-state index contributed by atoms with van der Waals surface area (Å²) in [5.74, 6) is 0.886. The largest absolute Gasteiger partial charge is 0.382 e. The summed E-state index contributed by atoms with van der Waals surface area (Å²) in [7, 11) is 0. The number of benzene rings is 1. The molecule has 1 saturated carbocycles. The van der Waals surface area contributed by atoms with Gasteiger partial charge in [0.05, 0.1) is 0 Å². The summed E-state index contributed by atoms with van der Waals surface area (Å²) in [5.41, 5.74) is 4.12. The second kappa shape index (κ2) is 4.90. The minimum atomic E-state index is 0.684. The monoisotopic (exact) mass is 217 g/mol. The Bertz CT molecular complexity index is 356. The summed E-state index contributed by atoms with van der Waals surface area (Å²) in [4.78, 5) is 0. The molecule has 2 rings (SSSR count). The lowest BCUT2D eigenvalue weighted by molar-refractivity contribution is 0.358. The number of hydrogen-bond donors (Lipinski definition) is 1. The molecule has 1 aliphatic rings. The van der Waals surface area contributed by atoms with E-state index in [-0.39, 0.29) is 0 Å². The molecule has 0 heterocycles. The van der Waals surface area contributed by atoms with Gasteiger partial charge >= 0.3 is 0 Å². The normalized spacial score (nSPS) is 25.4. The van der Waals surface area contributed by atoms with Gasteiger partial charge in [-0.05, 0) is 49.8 Å². The lowest BCUT2D eigenvalue weighted by atomic mass is 9.87. The average molecular weight is 217 g/mol. The molecule has 88 valence electrons. The molecule has 0 saturated heterocycles. The van der Waals surface area contributed by atoms with E-state index in [4.69, 9.17) is 0 Å². The molecule has 2 unspecified atom stereocenters. The fraction of sp³-hybridized carbons (Fsp3) is 0.600. The van der Waals surface area contributed by atoms with Crippen molar-refractivity contribution >= 4 is 5.69 Å². The summed E-state index contributed by atoms with van der Waals surface area (Å²) in [6.45, 7) is 6.77. The Morgan fingerprint density at radius 1 is 1.19 bits per heavy atom. The number of aryl methyl sites for hydroxylation is 1. The smallest absolute Gasteiger partial charge is 0.0374 e. The molecule has 0 bridgehead atoms. The van der Waals surface area contributed by atoms with E-state index in [1.54, 1.807) is 0 Å². The highest BCUT2D eigenvalue weighted by Gasteiger charge is 2.18. The first-order chi connectivity index (χ1) is 7.66. The molecular formula is C15H23N. The number of rotatable bonds is 2. The second-order valence-corrected chi connectivity index (χ2v) is 5.36. The maximum atomic E-state index is 3.72. The lowest BCUT2D eigenvalue weighted by Crippen LogP contribution is -2.26. The lowest BCUT2D eigenvalue weighted by Gasteiger charge is -2.29. The molecule has 1 heteroatoms. The van der Waals surface area contributed by atoms with E-state index in [9.17, 15) is 0 Å². The number of nitrogens with one attached hydrogen (secondary N) is 1. The fourth-order valence-electron chi connectivity index (χ4n) is 2.69. The minimum Gasteiger partial charge on any atom is -0.382 e. The first kappa shape index (κ1) is 11.5. The first-order valence-electron chi connectivity index (χ1n) is 6.49. The van der Waals surface area contributed by atoms with Crippen molar-refractivity contribution in [3.05, 3.63) is 29.3 Å². The van der Waals surface area contributed by atoms with Gasteiger partial charge in [-0.3, -0.25) is 0 Å². The van der Waals surface area contributed by atoms with Crippen LogP contribution in [0.4, 0.5) is 5.69 Å². The van der Waals surface area contributed by atoms with E-state index >= 15 is 0 Å². The second-order valence-electron chi connectivity index (χ2n) is 5.36. The average Bonchev–Trinajstić information content (AvgIpc) is 2.25. The van der Waals surface area contributed by atoms with Crippen LogP contribution in [0.5, 0.6) is 0 Å².